The monoisotopic (exact) mass is 272 g/mol. The maximum absolute atomic E-state index is 12.7. The zero-order valence-corrected chi connectivity index (χ0v) is 11.6. The van der Waals surface area contributed by atoms with Crippen molar-refractivity contribution in [3.63, 3.8) is 0 Å². The van der Waals surface area contributed by atoms with Gasteiger partial charge in [0.2, 0.25) is 0 Å². The van der Waals surface area contributed by atoms with Crippen LogP contribution < -0.4 is 0 Å². The molecule has 1 fully saturated rings. The Balaban J connectivity index is 0.000000178. The Morgan fingerprint density at radius 1 is 0.800 bits per heavy atom. The van der Waals surface area contributed by atoms with Crippen LogP contribution in [0.15, 0.2) is 54.6 Å². The lowest BCUT2D eigenvalue weighted by Gasteiger charge is -2.21. The van der Waals surface area contributed by atoms with Gasteiger partial charge in [-0.2, -0.15) is 0 Å². The fraction of sp³-hybridized carbons (Fsp3) is 0.333. The highest BCUT2D eigenvalue weighted by Crippen LogP contribution is 2.32. The van der Waals surface area contributed by atoms with Crippen LogP contribution in [0.5, 0.6) is 5.75 Å². The van der Waals surface area contributed by atoms with Crippen LogP contribution >= 0.6 is 0 Å². The van der Waals surface area contributed by atoms with Gasteiger partial charge in [-0.1, -0.05) is 49.6 Å². The number of rotatable bonds is 1. The number of para-hydroxylation sites is 1. The molecule has 1 nitrogen and oxygen atoms in total. The minimum absolute atomic E-state index is 0.125. The topological polar surface area (TPSA) is 20.2 Å². The van der Waals surface area contributed by atoms with E-state index in [9.17, 15) is 4.39 Å². The van der Waals surface area contributed by atoms with Crippen molar-refractivity contribution < 1.29 is 9.50 Å². The number of phenols is 1. The summed E-state index contributed by atoms with van der Waals surface area (Å²) in [6, 6.07) is 15.7. The molecule has 106 valence electrons. The van der Waals surface area contributed by atoms with Crippen molar-refractivity contribution in [2.24, 2.45) is 0 Å². The number of benzene rings is 2. The van der Waals surface area contributed by atoms with Crippen LogP contribution in [0.25, 0.3) is 0 Å². The van der Waals surface area contributed by atoms with Gasteiger partial charge in [0.15, 0.2) is 0 Å². The van der Waals surface area contributed by atoms with Crippen molar-refractivity contribution in [2.45, 2.75) is 38.0 Å². The van der Waals surface area contributed by atoms with Gasteiger partial charge >= 0.3 is 0 Å². The standard InChI is InChI=1S/C12H15F.C6H6O/c13-12-8-6-11(7-9-12)10-4-2-1-3-5-10;7-6-4-2-1-3-5-6/h6-10H,1-5H2;1-5,7H. The molecule has 0 heterocycles. The molecule has 1 N–H and O–H groups in total. The van der Waals surface area contributed by atoms with Crippen molar-refractivity contribution in [3.05, 3.63) is 66.0 Å². The Bertz CT molecular complexity index is 487. The molecule has 0 aliphatic heterocycles. The van der Waals surface area contributed by atoms with Crippen molar-refractivity contribution in [2.75, 3.05) is 0 Å². The normalized spacial score (nSPS) is 15.2. The number of hydrogen-bond acceptors (Lipinski definition) is 1. The van der Waals surface area contributed by atoms with Crippen LogP contribution in [0.4, 0.5) is 4.39 Å². The summed E-state index contributed by atoms with van der Waals surface area (Å²) in [4.78, 5) is 0. The Morgan fingerprint density at radius 2 is 1.40 bits per heavy atom. The lowest BCUT2D eigenvalue weighted by Crippen LogP contribution is -2.04. The molecule has 0 amide bonds. The third-order valence-electron chi connectivity index (χ3n) is 3.70. The lowest BCUT2D eigenvalue weighted by molar-refractivity contribution is 0.443. The van der Waals surface area contributed by atoms with Crippen LogP contribution in [0.2, 0.25) is 0 Å². The van der Waals surface area contributed by atoms with E-state index in [1.165, 1.54) is 37.7 Å². The van der Waals surface area contributed by atoms with Gasteiger partial charge in [-0.05, 0) is 48.6 Å². The van der Waals surface area contributed by atoms with Gasteiger partial charge < -0.3 is 5.11 Å². The van der Waals surface area contributed by atoms with E-state index >= 15 is 0 Å². The third kappa shape index (κ3) is 4.69. The molecule has 0 radical (unpaired) electrons. The minimum Gasteiger partial charge on any atom is -0.508 e. The highest BCUT2D eigenvalue weighted by molar-refractivity contribution is 5.20. The van der Waals surface area contributed by atoms with Gasteiger partial charge in [0.05, 0.1) is 0 Å². The van der Waals surface area contributed by atoms with E-state index < -0.39 is 0 Å². The average molecular weight is 272 g/mol. The quantitative estimate of drug-likeness (QED) is 0.750. The highest BCUT2D eigenvalue weighted by Gasteiger charge is 2.14. The van der Waals surface area contributed by atoms with Crippen molar-refractivity contribution in [3.8, 4) is 5.75 Å². The zero-order chi connectivity index (χ0) is 14.2. The number of aromatic hydroxyl groups is 1. The van der Waals surface area contributed by atoms with E-state index in [4.69, 9.17) is 5.11 Å². The first-order chi connectivity index (χ1) is 9.75. The molecule has 1 saturated carbocycles. The molecular weight excluding hydrogens is 251 g/mol. The molecule has 0 bridgehead atoms. The van der Waals surface area contributed by atoms with Crippen LogP contribution in [0.3, 0.4) is 0 Å². The summed E-state index contributed by atoms with van der Waals surface area (Å²) >= 11 is 0. The van der Waals surface area contributed by atoms with Gasteiger partial charge in [0.1, 0.15) is 11.6 Å². The first-order valence-electron chi connectivity index (χ1n) is 7.25. The summed E-state index contributed by atoms with van der Waals surface area (Å²) in [5.41, 5.74) is 1.32. The van der Waals surface area contributed by atoms with Crippen LogP contribution in [0.1, 0.15) is 43.6 Å². The van der Waals surface area contributed by atoms with E-state index in [2.05, 4.69) is 0 Å². The molecule has 2 heteroatoms. The molecule has 1 aliphatic rings. The molecule has 20 heavy (non-hydrogen) atoms. The summed E-state index contributed by atoms with van der Waals surface area (Å²) in [5, 5.41) is 8.63. The van der Waals surface area contributed by atoms with Crippen LogP contribution in [0, 0.1) is 5.82 Å². The number of halogens is 1. The molecule has 0 atom stereocenters. The molecule has 0 spiro atoms. The summed E-state index contributed by atoms with van der Waals surface area (Å²) in [5.74, 6) is 0.886. The first-order valence-corrected chi connectivity index (χ1v) is 7.25. The smallest absolute Gasteiger partial charge is 0.123 e. The number of phenolic OH excluding ortho intramolecular Hbond substituents is 1. The zero-order valence-electron chi connectivity index (χ0n) is 11.6. The third-order valence-corrected chi connectivity index (χ3v) is 3.70. The molecule has 2 aromatic rings. The SMILES string of the molecule is Fc1ccc(C2CCCCC2)cc1.Oc1ccccc1. The average Bonchev–Trinajstić information content (AvgIpc) is 2.50. The highest BCUT2D eigenvalue weighted by atomic mass is 19.1. The molecule has 2 aromatic carbocycles. The predicted octanol–water partition coefficient (Wildman–Crippen LogP) is 5.27. The Kier molecular flexibility index (Phi) is 5.60. The van der Waals surface area contributed by atoms with Gasteiger partial charge in [-0.3, -0.25) is 0 Å². The summed E-state index contributed by atoms with van der Waals surface area (Å²) in [7, 11) is 0. The maximum atomic E-state index is 12.7. The van der Waals surface area contributed by atoms with E-state index in [1.54, 1.807) is 36.4 Å². The second-order valence-corrected chi connectivity index (χ2v) is 5.22. The molecule has 1 aliphatic carbocycles. The van der Waals surface area contributed by atoms with Crippen LogP contribution in [-0.4, -0.2) is 5.11 Å². The van der Waals surface area contributed by atoms with Crippen molar-refractivity contribution in [1.82, 2.24) is 0 Å². The van der Waals surface area contributed by atoms with Crippen molar-refractivity contribution in [1.29, 1.82) is 0 Å². The summed E-state index contributed by atoms with van der Waals surface area (Å²) in [6.45, 7) is 0. The van der Waals surface area contributed by atoms with Crippen molar-refractivity contribution >= 4 is 0 Å². The summed E-state index contributed by atoms with van der Waals surface area (Å²) < 4.78 is 12.7. The largest absolute Gasteiger partial charge is 0.508 e. The molecular formula is C18H21FO. The maximum Gasteiger partial charge on any atom is 0.123 e. The molecule has 0 saturated heterocycles. The Labute approximate surface area is 120 Å². The first kappa shape index (κ1) is 14.6. The van der Waals surface area contributed by atoms with E-state index in [-0.39, 0.29) is 5.82 Å². The van der Waals surface area contributed by atoms with Gasteiger partial charge in [0, 0.05) is 0 Å². The van der Waals surface area contributed by atoms with E-state index in [0.717, 1.165) is 0 Å². The van der Waals surface area contributed by atoms with E-state index in [0.29, 0.717) is 11.7 Å². The molecule has 0 aromatic heterocycles. The minimum atomic E-state index is -0.125. The summed E-state index contributed by atoms with van der Waals surface area (Å²) in [6.07, 6.45) is 6.61. The van der Waals surface area contributed by atoms with E-state index in [1.807, 2.05) is 18.2 Å². The van der Waals surface area contributed by atoms with Gasteiger partial charge in [-0.15, -0.1) is 0 Å². The Morgan fingerprint density at radius 3 is 1.90 bits per heavy atom. The predicted molar refractivity (Wildman–Crippen MR) is 80.3 cm³/mol. The fourth-order valence-corrected chi connectivity index (χ4v) is 2.60. The lowest BCUT2D eigenvalue weighted by atomic mass is 9.84. The van der Waals surface area contributed by atoms with Gasteiger partial charge in [0.25, 0.3) is 0 Å². The Hall–Kier alpha value is -1.83. The van der Waals surface area contributed by atoms with Crippen LogP contribution in [-0.2, 0) is 0 Å². The fourth-order valence-electron chi connectivity index (χ4n) is 2.60. The number of hydrogen-bond donors (Lipinski definition) is 1. The second-order valence-electron chi connectivity index (χ2n) is 5.22. The second kappa shape index (κ2) is 7.68. The molecule has 0 unspecified atom stereocenters. The molecule has 3 rings (SSSR count). The van der Waals surface area contributed by atoms with Gasteiger partial charge in [-0.25, -0.2) is 4.39 Å².